The maximum Gasteiger partial charge on any atom is 0.178 e. The molecule has 2 rings (SSSR count). The molecule has 1 heterocycles. The van der Waals surface area contributed by atoms with Gasteiger partial charge in [0.05, 0.1) is 0 Å². The molecule has 0 N–H and O–H groups in total. The number of hydrogen-bond donors (Lipinski definition) is 0. The lowest BCUT2D eigenvalue weighted by Gasteiger charge is -1.96. The van der Waals surface area contributed by atoms with Gasteiger partial charge in [0, 0.05) is 23.8 Å². The van der Waals surface area contributed by atoms with E-state index >= 15 is 0 Å². The highest BCUT2D eigenvalue weighted by molar-refractivity contribution is 9.10. The summed E-state index contributed by atoms with van der Waals surface area (Å²) in [6.07, 6.45) is 0. The Bertz CT molecular complexity index is 562. The summed E-state index contributed by atoms with van der Waals surface area (Å²) >= 11 is 3.19. The largest absolute Gasteiger partial charge is 0.293 e. The van der Waals surface area contributed by atoms with Gasteiger partial charge in [-0.15, -0.1) is 0 Å². The molecule has 0 saturated heterocycles. The minimum Gasteiger partial charge on any atom is -0.293 e. The van der Waals surface area contributed by atoms with Crippen LogP contribution in [0.3, 0.4) is 0 Å². The number of aromatic nitrogens is 2. The van der Waals surface area contributed by atoms with Crippen molar-refractivity contribution in [2.45, 2.75) is 6.92 Å². The molecule has 15 heavy (non-hydrogen) atoms. The van der Waals surface area contributed by atoms with Gasteiger partial charge in [0.15, 0.2) is 11.6 Å². The Morgan fingerprint density at radius 3 is 2.80 bits per heavy atom. The maximum atomic E-state index is 13.5. The van der Waals surface area contributed by atoms with E-state index in [0.29, 0.717) is 15.6 Å². The van der Waals surface area contributed by atoms with Crippen LogP contribution in [0.1, 0.15) is 17.4 Å². The second kappa shape index (κ2) is 3.41. The fraction of sp³-hybridized carbons (Fsp3) is 0.200. The predicted molar refractivity (Wildman–Crippen MR) is 58.4 cm³/mol. The number of carbonyl (C=O) groups excluding carboxylic acids is 1. The maximum absolute atomic E-state index is 13.5. The zero-order valence-corrected chi connectivity index (χ0v) is 9.80. The summed E-state index contributed by atoms with van der Waals surface area (Å²) in [4.78, 5) is 11.4. The molecule has 0 atom stereocenters. The molecule has 78 valence electrons. The first-order chi connectivity index (χ1) is 7.00. The van der Waals surface area contributed by atoms with Crippen LogP contribution in [0.5, 0.6) is 0 Å². The molecule has 0 aliphatic carbocycles. The molecule has 2 aromatic rings. The first-order valence-corrected chi connectivity index (χ1v) is 5.12. The average Bonchev–Trinajstić information content (AvgIpc) is 2.41. The highest BCUT2D eigenvalue weighted by Gasteiger charge is 2.16. The lowest BCUT2D eigenvalue weighted by atomic mass is 10.1. The molecule has 0 amide bonds. The number of rotatable bonds is 1. The van der Waals surface area contributed by atoms with Crippen molar-refractivity contribution in [2.75, 3.05) is 0 Å². The minimum atomic E-state index is -0.428. The van der Waals surface area contributed by atoms with Crippen molar-refractivity contribution < 1.29 is 9.18 Å². The molecule has 1 aromatic heterocycles. The Morgan fingerprint density at radius 2 is 2.20 bits per heavy atom. The summed E-state index contributed by atoms with van der Waals surface area (Å²) in [5.41, 5.74) is 0.649. The van der Waals surface area contributed by atoms with Crippen LogP contribution < -0.4 is 0 Å². The third-order valence-corrected chi connectivity index (χ3v) is 2.65. The topological polar surface area (TPSA) is 34.9 Å². The number of halogens is 2. The van der Waals surface area contributed by atoms with Crippen molar-refractivity contribution in [1.29, 1.82) is 0 Å². The van der Waals surface area contributed by atoms with Crippen molar-refractivity contribution in [2.24, 2.45) is 7.05 Å². The van der Waals surface area contributed by atoms with Crippen molar-refractivity contribution in [3.8, 4) is 0 Å². The van der Waals surface area contributed by atoms with Gasteiger partial charge in [0.1, 0.15) is 11.2 Å². The van der Waals surface area contributed by atoms with E-state index in [-0.39, 0.29) is 11.3 Å². The van der Waals surface area contributed by atoms with E-state index < -0.39 is 5.82 Å². The third kappa shape index (κ3) is 1.56. The Balaban J connectivity index is 2.93. The van der Waals surface area contributed by atoms with Crippen molar-refractivity contribution >= 4 is 32.6 Å². The van der Waals surface area contributed by atoms with E-state index in [0.717, 1.165) is 0 Å². The third-order valence-electron chi connectivity index (χ3n) is 2.19. The SMILES string of the molecule is CC(=O)c1c2cc(Br)cc(F)c2nn1C. The van der Waals surface area contributed by atoms with Crippen LogP contribution in [0.25, 0.3) is 10.9 Å². The average molecular weight is 271 g/mol. The molecule has 0 aliphatic rings. The Morgan fingerprint density at radius 1 is 1.53 bits per heavy atom. The second-order valence-corrected chi connectivity index (χ2v) is 4.23. The lowest BCUT2D eigenvalue weighted by Crippen LogP contribution is -2.02. The van der Waals surface area contributed by atoms with Crippen LogP contribution >= 0.6 is 15.9 Å². The number of nitrogens with zero attached hydrogens (tertiary/aromatic N) is 2. The van der Waals surface area contributed by atoms with Gasteiger partial charge in [-0.25, -0.2) is 4.39 Å². The molecular weight excluding hydrogens is 263 g/mol. The molecule has 0 fully saturated rings. The van der Waals surface area contributed by atoms with Crippen LogP contribution in [-0.4, -0.2) is 15.6 Å². The summed E-state index contributed by atoms with van der Waals surface area (Å²) in [7, 11) is 1.63. The zero-order valence-electron chi connectivity index (χ0n) is 8.21. The van der Waals surface area contributed by atoms with E-state index in [1.807, 2.05) is 0 Å². The van der Waals surface area contributed by atoms with Gasteiger partial charge in [-0.05, 0) is 12.1 Å². The van der Waals surface area contributed by atoms with E-state index in [2.05, 4.69) is 21.0 Å². The van der Waals surface area contributed by atoms with Crippen LogP contribution in [0.2, 0.25) is 0 Å². The van der Waals surface area contributed by atoms with Gasteiger partial charge in [-0.2, -0.15) is 5.10 Å². The Hall–Kier alpha value is -1.23. The number of aryl methyl sites for hydroxylation is 1. The first-order valence-electron chi connectivity index (χ1n) is 4.33. The number of fused-ring (bicyclic) bond motifs is 1. The number of ketones is 1. The van der Waals surface area contributed by atoms with E-state index in [4.69, 9.17) is 0 Å². The molecule has 5 heteroatoms. The summed E-state index contributed by atoms with van der Waals surface area (Å²) in [5, 5.41) is 4.51. The van der Waals surface area contributed by atoms with Gasteiger partial charge in [-0.1, -0.05) is 15.9 Å². The minimum absolute atomic E-state index is 0.127. The van der Waals surface area contributed by atoms with Crippen LogP contribution in [0.15, 0.2) is 16.6 Å². The van der Waals surface area contributed by atoms with E-state index in [1.54, 1.807) is 13.1 Å². The van der Waals surface area contributed by atoms with Crippen LogP contribution in [0.4, 0.5) is 4.39 Å². The summed E-state index contributed by atoms with van der Waals surface area (Å²) < 4.78 is 15.5. The van der Waals surface area contributed by atoms with E-state index in [1.165, 1.54) is 17.7 Å². The monoisotopic (exact) mass is 270 g/mol. The summed E-state index contributed by atoms with van der Waals surface area (Å²) in [6, 6.07) is 3.03. The summed E-state index contributed by atoms with van der Waals surface area (Å²) in [6.45, 7) is 1.44. The zero-order chi connectivity index (χ0) is 11.2. The van der Waals surface area contributed by atoms with Gasteiger partial charge in [0.2, 0.25) is 0 Å². The quantitative estimate of drug-likeness (QED) is 0.747. The number of carbonyl (C=O) groups is 1. The normalized spacial score (nSPS) is 10.9. The molecule has 1 aromatic carbocycles. The predicted octanol–water partition coefficient (Wildman–Crippen LogP) is 2.68. The smallest absolute Gasteiger partial charge is 0.178 e. The Kier molecular flexibility index (Phi) is 2.34. The highest BCUT2D eigenvalue weighted by Crippen LogP contribution is 2.25. The highest BCUT2D eigenvalue weighted by atomic mass is 79.9. The molecule has 0 radical (unpaired) electrons. The fourth-order valence-corrected chi connectivity index (χ4v) is 2.07. The van der Waals surface area contributed by atoms with Gasteiger partial charge in [0.25, 0.3) is 0 Å². The molecule has 0 unspecified atom stereocenters. The van der Waals surface area contributed by atoms with Gasteiger partial charge < -0.3 is 0 Å². The van der Waals surface area contributed by atoms with E-state index in [9.17, 15) is 9.18 Å². The molecule has 0 aliphatic heterocycles. The molecule has 3 nitrogen and oxygen atoms in total. The molecule has 0 saturated carbocycles. The summed E-state index contributed by atoms with van der Waals surface area (Å²) in [5.74, 6) is -0.556. The first kappa shape index (κ1) is 10.3. The number of hydrogen-bond acceptors (Lipinski definition) is 2. The van der Waals surface area contributed by atoms with Crippen LogP contribution in [0, 0.1) is 5.82 Å². The van der Waals surface area contributed by atoms with Gasteiger partial charge >= 0.3 is 0 Å². The second-order valence-electron chi connectivity index (χ2n) is 3.31. The fourth-order valence-electron chi connectivity index (χ4n) is 1.64. The number of Topliss-reactive ketones (excluding diaryl/α,β-unsaturated/α-hetero) is 1. The van der Waals surface area contributed by atoms with Gasteiger partial charge in [-0.3, -0.25) is 9.48 Å². The van der Waals surface area contributed by atoms with Crippen molar-refractivity contribution in [1.82, 2.24) is 9.78 Å². The lowest BCUT2D eigenvalue weighted by molar-refractivity contribution is 0.101. The number of benzene rings is 1. The molecule has 0 spiro atoms. The Labute approximate surface area is 94.0 Å². The van der Waals surface area contributed by atoms with Crippen molar-refractivity contribution in [3.63, 3.8) is 0 Å². The van der Waals surface area contributed by atoms with Crippen molar-refractivity contribution in [3.05, 3.63) is 28.1 Å². The standard InChI is InChI=1S/C10H8BrFN2O/c1-5(15)10-7-3-6(11)4-8(12)9(7)13-14(10)2/h3-4H,1-2H3. The molecular formula is C10H8BrFN2O. The molecule has 0 bridgehead atoms. The van der Waals surface area contributed by atoms with Crippen LogP contribution in [-0.2, 0) is 7.05 Å².